The van der Waals surface area contributed by atoms with Gasteiger partial charge in [-0.05, 0) is 48.9 Å². The smallest absolute Gasteiger partial charge is 0.118 e. The van der Waals surface area contributed by atoms with Crippen molar-refractivity contribution in [3.8, 4) is 22.7 Å². The van der Waals surface area contributed by atoms with Crippen LogP contribution in [-0.2, 0) is 0 Å². The summed E-state index contributed by atoms with van der Waals surface area (Å²) >= 11 is 0. The SMILES string of the molecule is Cc1cc(-c2ccnn2-c2ccccc2)ccc1O. The van der Waals surface area contributed by atoms with E-state index in [1.54, 1.807) is 12.3 Å². The summed E-state index contributed by atoms with van der Waals surface area (Å²) in [7, 11) is 0. The second kappa shape index (κ2) is 4.61. The minimum atomic E-state index is 0.314. The highest BCUT2D eigenvalue weighted by atomic mass is 16.3. The Balaban J connectivity index is 2.12. The molecular weight excluding hydrogens is 236 g/mol. The number of phenols is 1. The first-order valence-corrected chi connectivity index (χ1v) is 6.15. The second-order valence-electron chi connectivity index (χ2n) is 4.47. The molecule has 3 heteroatoms. The second-order valence-corrected chi connectivity index (χ2v) is 4.47. The van der Waals surface area contributed by atoms with Crippen LogP contribution >= 0.6 is 0 Å². The Hall–Kier alpha value is -2.55. The lowest BCUT2D eigenvalue weighted by Crippen LogP contribution is -1.98. The molecule has 0 radical (unpaired) electrons. The van der Waals surface area contributed by atoms with Crippen LogP contribution in [0.5, 0.6) is 5.75 Å². The predicted molar refractivity (Wildman–Crippen MR) is 75.4 cm³/mol. The zero-order chi connectivity index (χ0) is 13.2. The maximum atomic E-state index is 9.61. The number of aromatic hydroxyl groups is 1. The molecule has 94 valence electrons. The lowest BCUT2D eigenvalue weighted by Gasteiger charge is -2.08. The zero-order valence-corrected chi connectivity index (χ0v) is 10.6. The molecule has 0 amide bonds. The number of aromatic nitrogens is 2. The zero-order valence-electron chi connectivity index (χ0n) is 10.6. The van der Waals surface area contributed by atoms with Gasteiger partial charge in [0, 0.05) is 5.56 Å². The summed E-state index contributed by atoms with van der Waals surface area (Å²) in [4.78, 5) is 0. The molecule has 2 aromatic carbocycles. The van der Waals surface area contributed by atoms with Gasteiger partial charge in [-0.1, -0.05) is 18.2 Å². The molecule has 0 atom stereocenters. The molecular formula is C16H14N2O. The molecule has 0 saturated carbocycles. The molecule has 0 aliphatic carbocycles. The fraction of sp³-hybridized carbons (Fsp3) is 0.0625. The van der Waals surface area contributed by atoms with Crippen LogP contribution in [0.3, 0.4) is 0 Å². The van der Waals surface area contributed by atoms with Crippen LogP contribution in [0.4, 0.5) is 0 Å². The number of benzene rings is 2. The molecule has 0 aliphatic rings. The number of rotatable bonds is 2. The third-order valence-electron chi connectivity index (χ3n) is 3.14. The minimum Gasteiger partial charge on any atom is -0.508 e. The van der Waals surface area contributed by atoms with Crippen LogP contribution in [0.25, 0.3) is 16.9 Å². The maximum absolute atomic E-state index is 9.61. The van der Waals surface area contributed by atoms with E-state index in [-0.39, 0.29) is 0 Å². The van der Waals surface area contributed by atoms with Crippen LogP contribution in [0.15, 0.2) is 60.8 Å². The lowest BCUT2D eigenvalue weighted by molar-refractivity contribution is 0.471. The summed E-state index contributed by atoms with van der Waals surface area (Å²) in [5, 5.41) is 14.0. The summed E-state index contributed by atoms with van der Waals surface area (Å²) in [5.41, 5.74) is 3.93. The van der Waals surface area contributed by atoms with E-state index in [0.29, 0.717) is 5.75 Å². The summed E-state index contributed by atoms with van der Waals surface area (Å²) in [6, 6.07) is 17.5. The molecule has 1 heterocycles. The van der Waals surface area contributed by atoms with Crippen molar-refractivity contribution in [2.75, 3.05) is 0 Å². The van der Waals surface area contributed by atoms with Crippen LogP contribution in [-0.4, -0.2) is 14.9 Å². The van der Waals surface area contributed by atoms with Crippen molar-refractivity contribution in [3.05, 3.63) is 66.4 Å². The van der Waals surface area contributed by atoms with Gasteiger partial charge in [-0.3, -0.25) is 0 Å². The van der Waals surface area contributed by atoms with E-state index >= 15 is 0 Å². The molecule has 1 N–H and O–H groups in total. The third-order valence-corrected chi connectivity index (χ3v) is 3.14. The Morgan fingerprint density at radius 3 is 2.53 bits per heavy atom. The molecule has 3 aromatic rings. The molecule has 1 aromatic heterocycles. The first kappa shape index (κ1) is 11.5. The maximum Gasteiger partial charge on any atom is 0.118 e. The van der Waals surface area contributed by atoms with Gasteiger partial charge < -0.3 is 5.11 Å². The largest absolute Gasteiger partial charge is 0.508 e. The van der Waals surface area contributed by atoms with E-state index in [1.807, 2.05) is 60.1 Å². The first-order valence-electron chi connectivity index (χ1n) is 6.15. The molecule has 3 nitrogen and oxygen atoms in total. The molecule has 0 bridgehead atoms. The van der Waals surface area contributed by atoms with E-state index in [4.69, 9.17) is 0 Å². The minimum absolute atomic E-state index is 0.314. The Morgan fingerprint density at radius 2 is 1.79 bits per heavy atom. The van der Waals surface area contributed by atoms with Crippen LogP contribution in [0.2, 0.25) is 0 Å². The highest BCUT2D eigenvalue weighted by Gasteiger charge is 2.08. The van der Waals surface area contributed by atoms with Crippen molar-refractivity contribution in [2.24, 2.45) is 0 Å². The summed E-state index contributed by atoms with van der Waals surface area (Å²) < 4.78 is 1.89. The Kier molecular flexibility index (Phi) is 2.80. The van der Waals surface area contributed by atoms with E-state index < -0.39 is 0 Å². The monoisotopic (exact) mass is 250 g/mol. The van der Waals surface area contributed by atoms with Crippen molar-refractivity contribution in [2.45, 2.75) is 6.92 Å². The first-order chi connectivity index (χ1) is 9.25. The molecule has 0 saturated heterocycles. The fourth-order valence-electron chi connectivity index (χ4n) is 2.11. The fourth-order valence-corrected chi connectivity index (χ4v) is 2.11. The van der Waals surface area contributed by atoms with Crippen molar-refractivity contribution in [1.82, 2.24) is 9.78 Å². The van der Waals surface area contributed by atoms with Gasteiger partial charge in [0.15, 0.2) is 0 Å². The van der Waals surface area contributed by atoms with Gasteiger partial charge >= 0.3 is 0 Å². The number of para-hydroxylation sites is 1. The van der Waals surface area contributed by atoms with E-state index in [2.05, 4.69) is 5.10 Å². The number of hydrogen-bond donors (Lipinski definition) is 1. The number of hydrogen-bond acceptors (Lipinski definition) is 2. The summed E-state index contributed by atoms with van der Waals surface area (Å²) in [5.74, 6) is 0.314. The number of nitrogens with zero attached hydrogens (tertiary/aromatic N) is 2. The average Bonchev–Trinajstić information content (AvgIpc) is 2.92. The van der Waals surface area contributed by atoms with Crippen molar-refractivity contribution < 1.29 is 5.11 Å². The molecule has 0 spiro atoms. The van der Waals surface area contributed by atoms with Crippen molar-refractivity contribution in [1.29, 1.82) is 0 Å². The van der Waals surface area contributed by atoms with Crippen LogP contribution in [0, 0.1) is 6.92 Å². The topological polar surface area (TPSA) is 38.0 Å². The van der Waals surface area contributed by atoms with Gasteiger partial charge in [0.2, 0.25) is 0 Å². The van der Waals surface area contributed by atoms with Crippen molar-refractivity contribution >= 4 is 0 Å². The molecule has 0 unspecified atom stereocenters. The third kappa shape index (κ3) is 2.10. The Morgan fingerprint density at radius 1 is 1.00 bits per heavy atom. The van der Waals surface area contributed by atoms with E-state index in [9.17, 15) is 5.11 Å². The predicted octanol–water partition coefficient (Wildman–Crippen LogP) is 3.55. The van der Waals surface area contributed by atoms with E-state index in [0.717, 1.165) is 22.5 Å². The lowest BCUT2D eigenvalue weighted by atomic mass is 10.1. The van der Waals surface area contributed by atoms with Gasteiger partial charge in [-0.25, -0.2) is 4.68 Å². The molecule has 19 heavy (non-hydrogen) atoms. The summed E-state index contributed by atoms with van der Waals surface area (Å²) in [6.07, 6.45) is 1.78. The molecule has 3 rings (SSSR count). The van der Waals surface area contributed by atoms with Crippen LogP contribution < -0.4 is 0 Å². The van der Waals surface area contributed by atoms with Gasteiger partial charge in [0.1, 0.15) is 5.75 Å². The highest BCUT2D eigenvalue weighted by molar-refractivity contribution is 5.64. The Labute approximate surface area is 111 Å². The number of phenolic OH excluding ortho intramolecular Hbond substituents is 1. The standard InChI is InChI=1S/C16H14N2O/c1-12-11-13(7-8-16(12)19)15-9-10-17-18(15)14-5-3-2-4-6-14/h2-11,19H,1H3. The molecule has 0 aliphatic heterocycles. The van der Waals surface area contributed by atoms with E-state index in [1.165, 1.54) is 0 Å². The highest BCUT2D eigenvalue weighted by Crippen LogP contribution is 2.26. The number of aryl methyl sites for hydroxylation is 1. The van der Waals surface area contributed by atoms with Crippen LogP contribution in [0.1, 0.15) is 5.56 Å². The average molecular weight is 250 g/mol. The Bertz CT molecular complexity index is 702. The normalized spacial score (nSPS) is 10.6. The van der Waals surface area contributed by atoms with Gasteiger partial charge in [0.25, 0.3) is 0 Å². The van der Waals surface area contributed by atoms with Crippen molar-refractivity contribution in [3.63, 3.8) is 0 Å². The van der Waals surface area contributed by atoms with Gasteiger partial charge in [0.05, 0.1) is 17.6 Å². The molecule has 0 fully saturated rings. The summed E-state index contributed by atoms with van der Waals surface area (Å²) in [6.45, 7) is 1.89. The quantitative estimate of drug-likeness (QED) is 0.755. The van der Waals surface area contributed by atoms with Gasteiger partial charge in [-0.2, -0.15) is 5.10 Å². The van der Waals surface area contributed by atoms with Gasteiger partial charge in [-0.15, -0.1) is 0 Å².